The van der Waals surface area contributed by atoms with E-state index < -0.39 is 12.1 Å². The molecular weight excluding hydrogens is 867 g/mol. The average Bonchev–Trinajstić information content (AvgIpc) is 3.37. The minimum absolute atomic E-state index is 0.0656. The van der Waals surface area contributed by atoms with Gasteiger partial charge in [0.25, 0.3) is 0 Å². The smallest absolute Gasteiger partial charge is 0.220 e. The molecule has 4 heteroatoms. The van der Waals surface area contributed by atoms with Crippen LogP contribution in [0.3, 0.4) is 0 Å². The number of unbranched alkanes of at least 4 members (excludes halogenated alkanes) is 32. The molecule has 0 heterocycles. The Kier molecular flexibility index (Phi) is 58.8. The highest BCUT2D eigenvalue weighted by Gasteiger charge is 2.18. The van der Waals surface area contributed by atoms with Crippen molar-refractivity contribution >= 4 is 5.91 Å². The third-order valence-electron chi connectivity index (χ3n) is 13.5. The highest BCUT2D eigenvalue weighted by molar-refractivity contribution is 5.76. The summed E-state index contributed by atoms with van der Waals surface area (Å²) in [7, 11) is 0. The molecule has 408 valence electrons. The Bertz CT molecular complexity index is 1350. The fourth-order valence-electron chi connectivity index (χ4n) is 8.90. The van der Waals surface area contributed by atoms with E-state index in [4.69, 9.17) is 0 Å². The molecule has 2 atom stereocenters. The summed E-state index contributed by atoms with van der Waals surface area (Å²) in [5, 5.41) is 23.2. The van der Waals surface area contributed by atoms with Gasteiger partial charge >= 0.3 is 0 Å². The number of amides is 1. The molecule has 4 nitrogen and oxygen atoms in total. The monoisotopic (exact) mass is 984 g/mol. The predicted octanol–water partition coefficient (Wildman–Crippen LogP) is 20.6. The highest BCUT2D eigenvalue weighted by atomic mass is 16.3. The van der Waals surface area contributed by atoms with Crippen LogP contribution in [0.5, 0.6) is 0 Å². The molecule has 2 unspecified atom stereocenters. The molecule has 0 aliphatic carbocycles. The molecule has 0 aromatic heterocycles. The van der Waals surface area contributed by atoms with Crippen LogP contribution in [0, 0.1) is 0 Å². The van der Waals surface area contributed by atoms with Crippen molar-refractivity contribution < 1.29 is 15.0 Å². The first-order valence-electron chi connectivity index (χ1n) is 30.6. The third-order valence-corrected chi connectivity index (χ3v) is 13.5. The molecule has 71 heavy (non-hydrogen) atoms. The zero-order valence-corrected chi connectivity index (χ0v) is 47.0. The summed E-state index contributed by atoms with van der Waals surface area (Å²) in [5.41, 5.74) is 0. The number of carbonyl (C=O) groups is 1. The van der Waals surface area contributed by atoms with Gasteiger partial charge in [-0.2, -0.15) is 0 Å². The van der Waals surface area contributed by atoms with Crippen LogP contribution in [0.1, 0.15) is 290 Å². The number of hydrogen-bond acceptors (Lipinski definition) is 3. The zero-order valence-electron chi connectivity index (χ0n) is 47.0. The van der Waals surface area contributed by atoms with Gasteiger partial charge in [0.2, 0.25) is 5.91 Å². The normalized spacial score (nSPS) is 13.6. The van der Waals surface area contributed by atoms with E-state index in [-0.39, 0.29) is 12.5 Å². The maximum absolute atomic E-state index is 12.5. The quantitative estimate of drug-likeness (QED) is 0.0420. The number of hydrogen-bond donors (Lipinski definition) is 3. The summed E-state index contributed by atoms with van der Waals surface area (Å²) in [6.45, 7) is 4.21. The summed E-state index contributed by atoms with van der Waals surface area (Å²) in [4.78, 5) is 12.5. The van der Waals surface area contributed by atoms with Crippen molar-refractivity contribution in [2.75, 3.05) is 6.61 Å². The van der Waals surface area contributed by atoms with E-state index in [9.17, 15) is 15.0 Å². The molecular formula is C67H117NO3. The summed E-state index contributed by atoms with van der Waals surface area (Å²) >= 11 is 0. The topological polar surface area (TPSA) is 69.6 Å². The van der Waals surface area contributed by atoms with Crippen LogP contribution in [0.4, 0.5) is 0 Å². The van der Waals surface area contributed by atoms with Crippen LogP contribution in [-0.4, -0.2) is 34.9 Å². The second kappa shape index (κ2) is 61.4. The van der Waals surface area contributed by atoms with Crippen LogP contribution >= 0.6 is 0 Å². The van der Waals surface area contributed by atoms with E-state index in [1.807, 2.05) is 6.08 Å². The van der Waals surface area contributed by atoms with E-state index in [1.165, 1.54) is 193 Å². The number of aliphatic hydroxyl groups excluding tert-OH is 2. The Morgan fingerprint density at radius 1 is 0.352 bits per heavy atom. The maximum Gasteiger partial charge on any atom is 0.220 e. The second-order valence-corrected chi connectivity index (χ2v) is 20.4. The van der Waals surface area contributed by atoms with Crippen molar-refractivity contribution in [1.29, 1.82) is 0 Å². The molecule has 3 N–H and O–H groups in total. The molecule has 0 bridgehead atoms. The van der Waals surface area contributed by atoms with Crippen LogP contribution < -0.4 is 5.32 Å². The number of nitrogens with one attached hydrogen (secondary N) is 1. The second-order valence-electron chi connectivity index (χ2n) is 20.4. The molecule has 0 saturated carbocycles. The fraction of sp³-hybridized carbons (Fsp3) is 0.716. The first kappa shape index (κ1) is 68.0. The lowest BCUT2D eigenvalue weighted by Gasteiger charge is -2.20. The Hall–Kier alpha value is -2.95. The van der Waals surface area contributed by atoms with Gasteiger partial charge in [0.1, 0.15) is 0 Å². The molecule has 0 aliphatic rings. The summed E-state index contributed by atoms with van der Waals surface area (Å²) in [6, 6.07) is -0.629. The zero-order chi connectivity index (χ0) is 51.3. The number of allylic oxidation sites excluding steroid dienone is 17. The minimum Gasteiger partial charge on any atom is -0.394 e. The molecule has 0 fully saturated rings. The van der Waals surface area contributed by atoms with Gasteiger partial charge in [-0.25, -0.2) is 0 Å². The van der Waals surface area contributed by atoms with Crippen LogP contribution in [0.2, 0.25) is 0 Å². The van der Waals surface area contributed by atoms with Gasteiger partial charge in [0.15, 0.2) is 0 Å². The van der Waals surface area contributed by atoms with Crippen molar-refractivity contribution in [3.05, 3.63) is 109 Å². The van der Waals surface area contributed by atoms with Gasteiger partial charge in [-0.1, -0.05) is 309 Å². The lowest BCUT2D eigenvalue weighted by Crippen LogP contribution is -2.45. The van der Waals surface area contributed by atoms with Crippen molar-refractivity contribution in [3.8, 4) is 0 Å². The van der Waals surface area contributed by atoms with Crippen LogP contribution in [-0.2, 0) is 4.79 Å². The molecule has 0 aromatic carbocycles. The highest BCUT2D eigenvalue weighted by Crippen LogP contribution is 2.17. The van der Waals surface area contributed by atoms with Gasteiger partial charge in [-0.05, 0) is 83.5 Å². The SMILES string of the molecule is CC/C=C\C/C=C\C/C=C\C/C=C\C/C=C\C/C=C\C/C=C\C/C=C\CCCCCCCCCCCCCCCCC(=O)NC(CO)C(O)/C=C/CCCCCCCCCCCCCCCCCCCC. The molecule has 1 amide bonds. The molecule has 0 spiro atoms. The van der Waals surface area contributed by atoms with Crippen molar-refractivity contribution in [2.24, 2.45) is 0 Å². The fourth-order valence-corrected chi connectivity index (χ4v) is 8.90. The van der Waals surface area contributed by atoms with Crippen LogP contribution in [0.25, 0.3) is 0 Å². The third kappa shape index (κ3) is 57.8. The molecule has 0 rings (SSSR count). The van der Waals surface area contributed by atoms with Gasteiger partial charge < -0.3 is 15.5 Å². The maximum atomic E-state index is 12.5. The van der Waals surface area contributed by atoms with Crippen molar-refractivity contribution in [1.82, 2.24) is 5.32 Å². The van der Waals surface area contributed by atoms with Gasteiger partial charge in [0, 0.05) is 6.42 Å². The predicted molar refractivity (Wildman–Crippen MR) is 317 cm³/mol. The van der Waals surface area contributed by atoms with E-state index >= 15 is 0 Å². The Balaban J connectivity index is 3.54. The standard InChI is InChI=1S/C67H117NO3/c1-3-5-7-9-11-13-15-17-19-21-23-25-26-27-28-29-30-31-32-33-34-35-36-37-38-39-40-41-42-43-45-47-49-51-53-55-57-59-61-63-67(71)68-65(64-69)66(70)62-60-58-56-54-52-50-48-46-44-24-22-20-18-16-14-12-10-8-6-4-2/h5,7,11,13,17,19,23,25,27-28,30-31,33-34,36-37,60,62,65-66,69-70H,3-4,6,8-10,12,14-16,18,20-22,24,26,29,32,35,38-59,61,63-64H2,1-2H3,(H,68,71)/b7-5-,13-11-,19-17-,25-23-,28-27-,31-30-,34-33-,37-36-,62-60+. The molecule has 0 aromatic rings. The first-order valence-corrected chi connectivity index (χ1v) is 30.6. The lowest BCUT2D eigenvalue weighted by atomic mass is 10.0. The average molecular weight is 985 g/mol. The molecule has 0 radical (unpaired) electrons. The van der Waals surface area contributed by atoms with Gasteiger partial charge in [0.05, 0.1) is 18.8 Å². The van der Waals surface area contributed by atoms with Crippen LogP contribution in [0.15, 0.2) is 109 Å². The lowest BCUT2D eigenvalue weighted by molar-refractivity contribution is -0.123. The van der Waals surface area contributed by atoms with E-state index in [0.29, 0.717) is 6.42 Å². The van der Waals surface area contributed by atoms with Crippen molar-refractivity contribution in [3.63, 3.8) is 0 Å². The minimum atomic E-state index is -0.845. The van der Waals surface area contributed by atoms with E-state index in [1.54, 1.807) is 6.08 Å². The summed E-state index contributed by atoms with van der Waals surface area (Å²) in [6.07, 6.45) is 92.6. The Morgan fingerprint density at radius 2 is 0.620 bits per heavy atom. The Morgan fingerprint density at radius 3 is 0.930 bits per heavy atom. The number of carbonyl (C=O) groups excluding carboxylic acids is 1. The summed E-state index contributed by atoms with van der Waals surface area (Å²) < 4.78 is 0. The van der Waals surface area contributed by atoms with Crippen molar-refractivity contribution in [2.45, 2.75) is 302 Å². The number of rotatable bonds is 55. The molecule has 0 saturated heterocycles. The number of aliphatic hydroxyl groups is 2. The first-order chi connectivity index (χ1) is 35.2. The van der Waals surface area contributed by atoms with E-state index in [2.05, 4.69) is 116 Å². The largest absolute Gasteiger partial charge is 0.394 e. The van der Waals surface area contributed by atoms with Gasteiger partial charge in [-0.15, -0.1) is 0 Å². The van der Waals surface area contributed by atoms with Gasteiger partial charge in [-0.3, -0.25) is 4.79 Å². The summed E-state index contributed by atoms with van der Waals surface area (Å²) in [5.74, 6) is -0.0656. The van der Waals surface area contributed by atoms with E-state index in [0.717, 1.165) is 77.0 Å². The molecule has 0 aliphatic heterocycles. The Labute approximate surface area is 442 Å².